The van der Waals surface area contributed by atoms with Crippen molar-refractivity contribution in [2.24, 2.45) is 5.92 Å². The molecule has 1 heterocycles. The zero-order chi connectivity index (χ0) is 26.4. The van der Waals surface area contributed by atoms with E-state index in [4.69, 9.17) is 9.47 Å². The van der Waals surface area contributed by atoms with Gasteiger partial charge in [0.2, 0.25) is 0 Å². The van der Waals surface area contributed by atoms with Crippen molar-refractivity contribution in [3.8, 4) is 5.75 Å². The van der Waals surface area contributed by atoms with E-state index in [1.54, 1.807) is 12.1 Å². The molecule has 0 radical (unpaired) electrons. The predicted molar refractivity (Wildman–Crippen MR) is 131 cm³/mol. The van der Waals surface area contributed by atoms with E-state index in [9.17, 15) is 17.6 Å². The molecule has 0 aliphatic carbocycles. The highest BCUT2D eigenvalue weighted by molar-refractivity contribution is 5.84. The molecule has 198 valence electrons. The van der Waals surface area contributed by atoms with E-state index < -0.39 is 29.8 Å². The minimum Gasteiger partial charge on any atom is -0.429 e. The summed E-state index contributed by atoms with van der Waals surface area (Å²) in [5.41, 5.74) is 1.65. The number of hydrogen-bond acceptors (Lipinski definition) is 3. The summed E-state index contributed by atoms with van der Waals surface area (Å²) in [6, 6.07) is 10.9. The Morgan fingerprint density at radius 3 is 2.30 bits per heavy atom. The van der Waals surface area contributed by atoms with Gasteiger partial charge in [-0.2, -0.15) is 8.78 Å². The topological polar surface area (TPSA) is 27.7 Å². The molecule has 3 aromatic rings. The van der Waals surface area contributed by atoms with Crippen LogP contribution in [0.5, 0.6) is 5.75 Å². The second-order valence-electron chi connectivity index (χ2n) is 9.23. The Bertz CT molecular complexity index is 1200. The van der Waals surface area contributed by atoms with Crippen molar-refractivity contribution in [3.05, 3.63) is 89.3 Å². The predicted octanol–water partition coefficient (Wildman–Crippen LogP) is 7.53. The summed E-state index contributed by atoms with van der Waals surface area (Å²) >= 11 is 0. The third-order valence-corrected chi connectivity index (χ3v) is 6.53. The van der Waals surface area contributed by atoms with E-state index >= 15 is 4.39 Å². The first kappa shape index (κ1) is 27.1. The number of fused-ring (bicyclic) bond motifs is 1. The molecule has 3 nitrogen and oxygen atoms in total. The smallest absolute Gasteiger partial charge is 0.387 e. The van der Waals surface area contributed by atoms with E-state index in [1.807, 2.05) is 24.3 Å². The molecule has 0 atom stereocenters. The summed E-state index contributed by atoms with van der Waals surface area (Å²) in [7, 11) is 0. The zero-order valence-electron chi connectivity index (χ0n) is 20.3. The molecule has 0 amide bonds. The van der Waals surface area contributed by atoms with Crippen LogP contribution in [0.3, 0.4) is 0 Å². The fraction of sp³-hybridized carbons (Fsp3) is 0.379. The van der Waals surface area contributed by atoms with Crippen LogP contribution in [0.1, 0.15) is 36.0 Å². The zero-order valence-corrected chi connectivity index (χ0v) is 20.3. The summed E-state index contributed by atoms with van der Waals surface area (Å²) in [5, 5.41) is 1.20. The number of allylic oxidation sites excluding steroid dienone is 1. The largest absolute Gasteiger partial charge is 0.429 e. The number of halogens is 5. The van der Waals surface area contributed by atoms with Gasteiger partial charge in [0.05, 0.1) is 13.2 Å². The van der Waals surface area contributed by atoms with Crippen LogP contribution in [0, 0.1) is 23.4 Å². The van der Waals surface area contributed by atoms with Gasteiger partial charge in [0.1, 0.15) is 5.82 Å². The number of hydrogen-bond donors (Lipinski definition) is 0. The number of aryl methyl sites for hydroxylation is 3. The Balaban J connectivity index is 1.35. The lowest BCUT2D eigenvalue weighted by Gasteiger charge is -2.29. The third kappa shape index (κ3) is 7.08. The Labute approximate surface area is 212 Å². The molecule has 3 aromatic carbocycles. The Kier molecular flexibility index (Phi) is 9.16. The van der Waals surface area contributed by atoms with Crippen LogP contribution in [-0.4, -0.2) is 26.1 Å². The van der Waals surface area contributed by atoms with Crippen LogP contribution >= 0.6 is 0 Å². The van der Waals surface area contributed by atoms with Crippen LogP contribution < -0.4 is 4.74 Å². The molecule has 0 unspecified atom stereocenters. The van der Waals surface area contributed by atoms with Crippen molar-refractivity contribution in [2.45, 2.75) is 51.4 Å². The molecule has 1 aliphatic heterocycles. The highest BCUT2D eigenvalue weighted by atomic mass is 19.3. The van der Waals surface area contributed by atoms with Gasteiger partial charge in [0, 0.05) is 17.7 Å². The van der Waals surface area contributed by atoms with Crippen molar-refractivity contribution in [2.75, 3.05) is 13.2 Å². The lowest BCUT2D eigenvalue weighted by Crippen LogP contribution is -2.32. The van der Waals surface area contributed by atoms with Crippen molar-refractivity contribution < 1.29 is 36.2 Å². The normalized spacial score (nSPS) is 17.9. The van der Waals surface area contributed by atoms with E-state index in [1.165, 1.54) is 0 Å². The first-order valence-corrected chi connectivity index (χ1v) is 12.3. The average Bonchev–Trinajstić information content (AvgIpc) is 2.88. The van der Waals surface area contributed by atoms with Gasteiger partial charge in [-0.1, -0.05) is 36.4 Å². The summed E-state index contributed by atoms with van der Waals surface area (Å²) in [4.78, 5) is 0. The van der Waals surface area contributed by atoms with Crippen LogP contribution in [0.25, 0.3) is 10.8 Å². The Morgan fingerprint density at radius 1 is 0.892 bits per heavy atom. The monoisotopic (exact) mass is 520 g/mol. The summed E-state index contributed by atoms with van der Waals surface area (Å²) < 4.78 is 83.3. The molecule has 0 bridgehead atoms. The summed E-state index contributed by atoms with van der Waals surface area (Å²) in [5.74, 6) is -3.58. The minimum atomic E-state index is -3.34. The van der Waals surface area contributed by atoms with E-state index in [0.29, 0.717) is 36.5 Å². The summed E-state index contributed by atoms with van der Waals surface area (Å²) in [6.07, 6.45) is 5.33. The maximum atomic E-state index is 15.2. The first-order chi connectivity index (χ1) is 17.8. The number of benzene rings is 3. The lowest BCUT2D eigenvalue weighted by molar-refractivity contribution is -0.203. The number of ether oxygens (including phenoxy) is 3. The quantitative estimate of drug-likeness (QED) is 0.193. The van der Waals surface area contributed by atoms with Gasteiger partial charge in [-0.15, -0.1) is 6.58 Å². The Morgan fingerprint density at radius 2 is 1.62 bits per heavy atom. The molecule has 1 aliphatic rings. The van der Waals surface area contributed by atoms with Crippen molar-refractivity contribution >= 4 is 10.8 Å². The molecule has 1 saturated heterocycles. The SMILES string of the molecule is C=CCCC1COC(CCc2ccc3c(F)c(CCc4cc(F)c(OC(F)F)c(F)c4)ccc3c2)OC1. The van der Waals surface area contributed by atoms with Gasteiger partial charge in [-0.25, -0.2) is 13.2 Å². The molecule has 37 heavy (non-hydrogen) atoms. The highest BCUT2D eigenvalue weighted by Crippen LogP contribution is 2.28. The molecule has 0 aromatic heterocycles. The second-order valence-corrected chi connectivity index (χ2v) is 9.23. The van der Waals surface area contributed by atoms with Gasteiger partial charge in [0.15, 0.2) is 23.7 Å². The molecular formula is C29H29F5O3. The molecule has 4 rings (SSSR count). The standard InChI is InChI=1S/C29H29F5O3/c1-2-3-4-20-16-35-26(36-17-20)12-7-18-6-11-23-22(13-18)10-9-21(27(23)32)8-5-19-14-24(30)28(25(31)15-19)37-29(33)34/h2,6,9-11,13-15,20,26,29H,1,3-5,7-8,12,16-17H2. The van der Waals surface area contributed by atoms with E-state index in [0.717, 1.165) is 42.3 Å². The highest BCUT2D eigenvalue weighted by Gasteiger charge is 2.22. The molecule has 0 saturated carbocycles. The lowest BCUT2D eigenvalue weighted by atomic mass is 9.98. The van der Waals surface area contributed by atoms with E-state index in [-0.39, 0.29) is 24.7 Å². The van der Waals surface area contributed by atoms with E-state index in [2.05, 4.69) is 11.3 Å². The van der Waals surface area contributed by atoms with Crippen molar-refractivity contribution in [1.82, 2.24) is 0 Å². The van der Waals surface area contributed by atoms with Gasteiger partial charge in [-0.05, 0) is 66.3 Å². The maximum Gasteiger partial charge on any atom is 0.387 e. The molecule has 0 spiro atoms. The van der Waals surface area contributed by atoms with Gasteiger partial charge in [-0.3, -0.25) is 0 Å². The van der Waals surface area contributed by atoms with Gasteiger partial charge in [0.25, 0.3) is 0 Å². The third-order valence-electron chi connectivity index (χ3n) is 6.53. The Hall–Kier alpha value is -2.97. The summed E-state index contributed by atoms with van der Waals surface area (Å²) in [6.45, 7) is 1.76. The van der Waals surface area contributed by atoms with Crippen LogP contribution in [0.4, 0.5) is 22.0 Å². The molecule has 8 heteroatoms. The molecular weight excluding hydrogens is 491 g/mol. The van der Waals surface area contributed by atoms with Crippen LogP contribution in [0.15, 0.2) is 55.1 Å². The minimum absolute atomic E-state index is 0.124. The van der Waals surface area contributed by atoms with Crippen LogP contribution in [-0.2, 0) is 28.7 Å². The number of rotatable bonds is 11. The van der Waals surface area contributed by atoms with Crippen LogP contribution in [0.2, 0.25) is 0 Å². The first-order valence-electron chi connectivity index (χ1n) is 12.3. The van der Waals surface area contributed by atoms with Gasteiger partial charge < -0.3 is 14.2 Å². The molecule has 0 N–H and O–H groups in total. The fourth-order valence-electron chi connectivity index (χ4n) is 4.53. The average molecular weight is 521 g/mol. The van der Waals surface area contributed by atoms with Crippen molar-refractivity contribution in [1.29, 1.82) is 0 Å². The fourth-order valence-corrected chi connectivity index (χ4v) is 4.53. The second kappa shape index (κ2) is 12.5. The molecule has 1 fully saturated rings. The van der Waals surface area contributed by atoms with Crippen molar-refractivity contribution in [3.63, 3.8) is 0 Å². The number of alkyl halides is 2. The van der Waals surface area contributed by atoms with Gasteiger partial charge >= 0.3 is 6.61 Å². The maximum absolute atomic E-state index is 15.2.